The van der Waals surface area contributed by atoms with Crippen LogP contribution in [0.15, 0.2) is 0 Å². The zero-order valence-electron chi connectivity index (χ0n) is 11.3. The molecule has 1 N–H and O–H groups in total. The maximum Gasteiger partial charge on any atom is 0.0831 e. The van der Waals surface area contributed by atoms with E-state index in [-0.39, 0.29) is 5.60 Å². The minimum atomic E-state index is 0.133. The van der Waals surface area contributed by atoms with Gasteiger partial charge in [-0.15, -0.1) is 0 Å². The third kappa shape index (κ3) is 3.01. The van der Waals surface area contributed by atoms with Crippen molar-refractivity contribution in [2.45, 2.75) is 57.1 Å². The number of methoxy groups -OCH3 is 1. The molecule has 0 radical (unpaired) electrons. The van der Waals surface area contributed by atoms with E-state index in [1.807, 2.05) is 7.11 Å². The Morgan fingerprint density at radius 2 is 2.06 bits per heavy atom. The molecule has 3 nitrogen and oxygen atoms in total. The third-order valence-electron chi connectivity index (χ3n) is 4.60. The molecule has 1 heterocycles. The molecule has 0 aromatic carbocycles. The largest absolute Gasteiger partial charge is 0.381 e. The van der Waals surface area contributed by atoms with E-state index in [9.17, 15) is 0 Å². The first-order valence-electron chi connectivity index (χ1n) is 7.17. The topological polar surface area (TPSA) is 30.5 Å². The van der Waals surface area contributed by atoms with E-state index < -0.39 is 0 Å². The summed E-state index contributed by atoms with van der Waals surface area (Å²) in [4.78, 5) is 0. The molecule has 1 aliphatic heterocycles. The minimum Gasteiger partial charge on any atom is -0.381 e. The quantitative estimate of drug-likeness (QED) is 0.774. The van der Waals surface area contributed by atoms with Crippen LogP contribution in [-0.2, 0) is 9.47 Å². The summed E-state index contributed by atoms with van der Waals surface area (Å²) in [5.74, 6) is 0.820. The summed E-state index contributed by atoms with van der Waals surface area (Å²) in [5, 5.41) is 3.66. The lowest BCUT2D eigenvalue weighted by Gasteiger charge is -2.48. The van der Waals surface area contributed by atoms with Crippen molar-refractivity contribution in [2.24, 2.45) is 5.92 Å². The van der Waals surface area contributed by atoms with Gasteiger partial charge in [0.1, 0.15) is 0 Å². The van der Waals surface area contributed by atoms with Crippen LogP contribution >= 0.6 is 0 Å². The van der Waals surface area contributed by atoms with Crippen molar-refractivity contribution >= 4 is 0 Å². The predicted octanol–water partition coefficient (Wildman–Crippen LogP) is 2.35. The number of likely N-dealkylation sites (N-methyl/N-ethyl adjacent to an activating group) is 1. The normalized spacial score (nSPS) is 26.5. The Hall–Kier alpha value is -0.120. The number of ether oxygens (including phenoxy) is 2. The summed E-state index contributed by atoms with van der Waals surface area (Å²) in [5.41, 5.74) is 0.133. The maximum atomic E-state index is 5.84. The lowest BCUT2D eigenvalue weighted by molar-refractivity contribution is -0.105. The van der Waals surface area contributed by atoms with E-state index in [4.69, 9.17) is 9.47 Å². The highest BCUT2D eigenvalue weighted by Crippen LogP contribution is 2.40. The highest BCUT2D eigenvalue weighted by Gasteiger charge is 2.44. The van der Waals surface area contributed by atoms with E-state index in [1.165, 1.54) is 38.5 Å². The zero-order valence-corrected chi connectivity index (χ0v) is 11.3. The van der Waals surface area contributed by atoms with E-state index in [0.717, 1.165) is 25.7 Å². The second-order valence-electron chi connectivity index (χ2n) is 5.52. The standard InChI is InChI=1S/C14H27NO2/c1-3-15-13(14(16-2)7-4-8-14)11-12-5-9-17-10-6-12/h12-13,15H,3-11H2,1-2H3. The van der Waals surface area contributed by atoms with Crippen LogP contribution in [0.3, 0.4) is 0 Å². The lowest BCUT2D eigenvalue weighted by atomic mass is 9.71. The molecule has 100 valence electrons. The van der Waals surface area contributed by atoms with Crippen molar-refractivity contribution in [3.05, 3.63) is 0 Å². The Kier molecular flexibility index (Phi) is 4.83. The Morgan fingerprint density at radius 3 is 2.53 bits per heavy atom. The molecule has 1 unspecified atom stereocenters. The molecule has 1 aliphatic carbocycles. The average Bonchev–Trinajstić information content (AvgIpc) is 2.30. The van der Waals surface area contributed by atoms with E-state index in [0.29, 0.717) is 6.04 Å². The Bertz CT molecular complexity index is 217. The summed E-state index contributed by atoms with van der Waals surface area (Å²) in [6.45, 7) is 5.13. The van der Waals surface area contributed by atoms with Gasteiger partial charge in [-0.25, -0.2) is 0 Å². The fourth-order valence-electron chi connectivity index (χ4n) is 3.27. The first kappa shape index (κ1) is 13.3. The fourth-order valence-corrected chi connectivity index (χ4v) is 3.27. The fraction of sp³-hybridized carbons (Fsp3) is 1.00. The van der Waals surface area contributed by atoms with Gasteiger partial charge in [0.2, 0.25) is 0 Å². The van der Waals surface area contributed by atoms with E-state index in [2.05, 4.69) is 12.2 Å². The molecular weight excluding hydrogens is 214 g/mol. The average molecular weight is 241 g/mol. The number of hydrogen-bond acceptors (Lipinski definition) is 3. The number of rotatable bonds is 6. The van der Waals surface area contributed by atoms with Crippen LogP contribution in [-0.4, -0.2) is 38.5 Å². The number of hydrogen-bond donors (Lipinski definition) is 1. The smallest absolute Gasteiger partial charge is 0.0831 e. The van der Waals surface area contributed by atoms with Crippen LogP contribution < -0.4 is 5.32 Å². The van der Waals surface area contributed by atoms with Gasteiger partial charge in [0.25, 0.3) is 0 Å². The maximum absolute atomic E-state index is 5.84. The molecule has 17 heavy (non-hydrogen) atoms. The molecular formula is C14H27NO2. The first-order valence-corrected chi connectivity index (χ1v) is 7.17. The van der Waals surface area contributed by atoms with Gasteiger partial charge >= 0.3 is 0 Å². The monoisotopic (exact) mass is 241 g/mol. The lowest BCUT2D eigenvalue weighted by Crippen LogP contribution is -2.57. The second-order valence-corrected chi connectivity index (χ2v) is 5.52. The molecule has 2 aliphatic rings. The van der Waals surface area contributed by atoms with Gasteiger partial charge in [-0.05, 0) is 51.0 Å². The number of nitrogens with one attached hydrogen (secondary N) is 1. The van der Waals surface area contributed by atoms with Gasteiger partial charge < -0.3 is 14.8 Å². The van der Waals surface area contributed by atoms with Crippen LogP contribution in [0.1, 0.15) is 45.4 Å². The first-order chi connectivity index (χ1) is 8.30. The van der Waals surface area contributed by atoms with Crippen LogP contribution in [0.4, 0.5) is 0 Å². The van der Waals surface area contributed by atoms with Crippen LogP contribution in [0.25, 0.3) is 0 Å². The van der Waals surface area contributed by atoms with Crippen molar-refractivity contribution in [1.29, 1.82) is 0 Å². The zero-order chi connectivity index (χ0) is 12.1. The SMILES string of the molecule is CCNC(CC1CCOCC1)C1(OC)CCC1. The third-order valence-corrected chi connectivity index (χ3v) is 4.60. The van der Waals surface area contributed by atoms with Crippen molar-refractivity contribution in [3.8, 4) is 0 Å². The molecule has 0 aromatic rings. The van der Waals surface area contributed by atoms with E-state index in [1.54, 1.807) is 0 Å². The summed E-state index contributed by atoms with van der Waals surface area (Å²) >= 11 is 0. The van der Waals surface area contributed by atoms with Gasteiger partial charge in [0, 0.05) is 26.4 Å². The molecule has 3 heteroatoms. The van der Waals surface area contributed by atoms with Gasteiger partial charge in [0.15, 0.2) is 0 Å². The van der Waals surface area contributed by atoms with Crippen molar-refractivity contribution < 1.29 is 9.47 Å². The summed E-state index contributed by atoms with van der Waals surface area (Å²) < 4.78 is 11.3. The molecule has 1 atom stereocenters. The summed E-state index contributed by atoms with van der Waals surface area (Å²) in [6, 6.07) is 0.536. The summed E-state index contributed by atoms with van der Waals surface area (Å²) in [7, 11) is 1.88. The van der Waals surface area contributed by atoms with Crippen molar-refractivity contribution in [1.82, 2.24) is 5.32 Å². The van der Waals surface area contributed by atoms with Crippen molar-refractivity contribution in [2.75, 3.05) is 26.9 Å². The molecule has 0 aromatic heterocycles. The van der Waals surface area contributed by atoms with Gasteiger partial charge in [-0.3, -0.25) is 0 Å². The van der Waals surface area contributed by atoms with Crippen LogP contribution in [0, 0.1) is 5.92 Å². The Morgan fingerprint density at radius 1 is 1.35 bits per heavy atom. The molecule has 1 saturated carbocycles. The highest BCUT2D eigenvalue weighted by molar-refractivity contribution is 5.00. The molecule has 2 rings (SSSR count). The van der Waals surface area contributed by atoms with Crippen LogP contribution in [0.2, 0.25) is 0 Å². The molecule has 0 spiro atoms. The minimum absolute atomic E-state index is 0.133. The Balaban J connectivity index is 1.91. The second kappa shape index (κ2) is 6.17. The van der Waals surface area contributed by atoms with Crippen LogP contribution in [0.5, 0.6) is 0 Å². The predicted molar refractivity (Wildman–Crippen MR) is 69.2 cm³/mol. The van der Waals surface area contributed by atoms with E-state index >= 15 is 0 Å². The molecule has 0 bridgehead atoms. The molecule has 2 fully saturated rings. The van der Waals surface area contributed by atoms with Gasteiger partial charge in [-0.1, -0.05) is 6.92 Å². The Labute approximate surface area is 105 Å². The summed E-state index contributed by atoms with van der Waals surface area (Å²) in [6.07, 6.45) is 7.48. The molecule has 1 saturated heterocycles. The molecule has 0 amide bonds. The van der Waals surface area contributed by atoms with Gasteiger partial charge in [0.05, 0.1) is 5.60 Å². The van der Waals surface area contributed by atoms with Crippen molar-refractivity contribution in [3.63, 3.8) is 0 Å². The highest BCUT2D eigenvalue weighted by atomic mass is 16.5. The van der Waals surface area contributed by atoms with Gasteiger partial charge in [-0.2, -0.15) is 0 Å².